The van der Waals surface area contributed by atoms with Crippen LogP contribution < -0.4 is 10.6 Å². The Labute approximate surface area is 125 Å². The average Bonchev–Trinajstić information content (AvgIpc) is 3.09. The minimum atomic E-state index is 0.167. The molecule has 1 amide bonds. The topological polar surface area (TPSA) is 61.4 Å². The maximum Gasteiger partial charge on any atom is 0.224 e. The predicted octanol–water partition coefficient (Wildman–Crippen LogP) is 1.97. The highest BCUT2D eigenvalue weighted by Crippen LogP contribution is 2.33. The van der Waals surface area contributed by atoms with Crippen molar-refractivity contribution in [3.63, 3.8) is 0 Å². The van der Waals surface area contributed by atoms with Gasteiger partial charge in [-0.3, -0.25) is 4.79 Å². The molecule has 2 aliphatic rings. The summed E-state index contributed by atoms with van der Waals surface area (Å²) in [7, 11) is 0. The Balaban J connectivity index is 1.44. The molecule has 1 aromatic carbocycles. The second-order valence-electron chi connectivity index (χ2n) is 6.50. The van der Waals surface area contributed by atoms with E-state index in [2.05, 4.69) is 17.6 Å². The number of aryl methyl sites for hydroxylation is 1. The second-order valence-corrected chi connectivity index (χ2v) is 6.50. The third-order valence-corrected chi connectivity index (χ3v) is 4.83. The first kappa shape index (κ1) is 14.4. The summed E-state index contributed by atoms with van der Waals surface area (Å²) in [5, 5.41) is 15.9. The van der Waals surface area contributed by atoms with Gasteiger partial charge in [-0.15, -0.1) is 0 Å². The van der Waals surface area contributed by atoms with E-state index in [1.807, 2.05) is 12.1 Å². The molecule has 2 saturated heterocycles. The monoisotopic (exact) mass is 288 g/mol. The molecule has 4 atom stereocenters. The number of carbonyl (C=O) groups is 1. The smallest absolute Gasteiger partial charge is 0.224 e. The fraction of sp³-hybridized carbons (Fsp3) is 0.588. The standard InChI is InChI=1S/C17H24N2O2/c1-11(2-3-12-4-7-14(20)8-5-12)18-17(21)15-10-13-6-9-16(15)19-13/h4-5,7-8,11,13,15-16,19-20H,2-3,6,9-10H2,1H3,(H,18,21). The van der Waals surface area contributed by atoms with E-state index >= 15 is 0 Å². The van der Waals surface area contributed by atoms with Crippen LogP contribution >= 0.6 is 0 Å². The van der Waals surface area contributed by atoms with Crippen molar-refractivity contribution in [2.75, 3.05) is 0 Å². The number of benzene rings is 1. The molecule has 0 radical (unpaired) electrons. The van der Waals surface area contributed by atoms with Crippen LogP contribution in [0.25, 0.3) is 0 Å². The molecule has 1 aromatic rings. The van der Waals surface area contributed by atoms with Crippen molar-refractivity contribution >= 4 is 5.91 Å². The lowest BCUT2D eigenvalue weighted by molar-refractivity contribution is -0.126. The molecular formula is C17H24N2O2. The number of rotatable bonds is 5. The summed E-state index contributed by atoms with van der Waals surface area (Å²) in [5.41, 5.74) is 1.19. The van der Waals surface area contributed by atoms with Crippen LogP contribution in [-0.2, 0) is 11.2 Å². The molecule has 2 aliphatic heterocycles. The molecule has 4 heteroatoms. The maximum absolute atomic E-state index is 12.3. The number of aromatic hydroxyl groups is 1. The van der Waals surface area contributed by atoms with Gasteiger partial charge in [0.2, 0.25) is 5.91 Å². The number of phenols is 1. The maximum atomic E-state index is 12.3. The lowest BCUT2D eigenvalue weighted by atomic mass is 9.88. The molecule has 0 saturated carbocycles. The summed E-state index contributed by atoms with van der Waals surface area (Å²) in [6.45, 7) is 2.07. The van der Waals surface area contributed by atoms with Crippen molar-refractivity contribution in [2.24, 2.45) is 5.92 Å². The molecule has 114 valence electrons. The summed E-state index contributed by atoms with van der Waals surface area (Å²) in [6.07, 6.45) is 5.21. The van der Waals surface area contributed by atoms with E-state index in [-0.39, 0.29) is 17.9 Å². The molecule has 0 aliphatic carbocycles. The first-order valence-electron chi connectivity index (χ1n) is 7.96. The molecule has 0 spiro atoms. The van der Waals surface area contributed by atoms with Crippen molar-refractivity contribution in [3.05, 3.63) is 29.8 Å². The van der Waals surface area contributed by atoms with Crippen LogP contribution in [0.4, 0.5) is 0 Å². The first-order chi connectivity index (χ1) is 10.1. The molecule has 21 heavy (non-hydrogen) atoms. The van der Waals surface area contributed by atoms with Crippen molar-refractivity contribution in [3.8, 4) is 5.75 Å². The fourth-order valence-electron chi connectivity index (χ4n) is 3.58. The van der Waals surface area contributed by atoms with E-state index in [1.165, 1.54) is 12.0 Å². The largest absolute Gasteiger partial charge is 0.508 e. The lowest BCUT2D eigenvalue weighted by Gasteiger charge is -2.22. The number of phenolic OH excluding ortho intramolecular Hbond substituents is 1. The molecule has 4 unspecified atom stereocenters. The normalized spacial score (nSPS) is 28.5. The molecule has 2 heterocycles. The van der Waals surface area contributed by atoms with Gasteiger partial charge in [0, 0.05) is 18.1 Å². The molecule has 3 rings (SSSR count). The number of carbonyl (C=O) groups excluding carboxylic acids is 1. The highest BCUT2D eigenvalue weighted by molar-refractivity contribution is 5.80. The van der Waals surface area contributed by atoms with Crippen LogP contribution in [0.15, 0.2) is 24.3 Å². The van der Waals surface area contributed by atoms with Gasteiger partial charge in [0.25, 0.3) is 0 Å². The third kappa shape index (κ3) is 3.38. The zero-order valence-electron chi connectivity index (χ0n) is 12.5. The number of nitrogens with one attached hydrogen (secondary N) is 2. The summed E-state index contributed by atoms with van der Waals surface area (Å²) >= 11 is 0. The number of amides is 1. The van der Waals surface area contributed by atoms with Gasteiger partial charge in [-0.1, -0.05) is 12.1 Å². The molecular weight excluding hydrogens is 264 g/mol. The summed E-state index contributed by atoms with van der Waals surface area (Å²) < 4.78 is 0. The van der Waals surface area contributed by atoms with Gasteiger partial charge in [-0.05, 0) is 56.7 Å². The fourth-order valence-corrected chi connectivity index (χ4v) is 3.58. The van der Waals surface area contributed by atoms with E-state index in [1.54, 1.807) is 12.1 Å². The Hall–Kier alpha value is -1.55. The molecule has 4 nitrogen and oxygen atoms in total. The van der Waals surface area contributed by atoms with Crippen LogP contribution in [0.5, 0.6) is 5.75 Å². The Kier molecular flexibility index (Phi) is 4.15. The molecule has 0 aromatic heterocycles. The Morgan fingerprint density at radius 2 is 2.14 bits per heavy atom. The highest BCUT2D eigenvalue weighted by Gasteiger charge is 2.42. The van der Waals surface area contributed by atoms with Crippen LogP contribution in [0.1, 0.15) is 38.2 Å². The van der Waals surface area contributed by atoms with Crippen LogP contribution in [0.2, 0.25) is 0 Å². The van der Waals surface area contributed by atoms with Crippen molar-refractivity contribution in [1.29, 1.82) is 0 Å². The van der Waals surface area contributed by atoms with Gasteiger partial charge in [-0.25, -0.2) is 0 Å². The summed E-state index contributed by atoms with van der Waals surface area (Å²) in [4.78, 5) is 12.3. The van der Waals surface area contributed by atoms with Gasteiger partial charge >= 0.3 is 0 Å². The van der Waals surface area contributed by atoms with Gasteiger partial charge < -0.3 is 15.7 Å². The van der Waals surface area contributed by atoms with E-state index in [0.717, 1.165) is 25.7 Å². The van der Waals surface area contributed by atoms with E-state index in [9.17, 15) is 9.90 Å². The second kappa shape index (κ2) is 6.06. The Morgan fingerprint density at radius 3 is 2.76 bits per heavy atom. The highest BCUT2D eigenvalue weighted by atomic mass is 16.3. The minimum absolute atomic E-state index is 0.167. The minimum Gasteiger partial charge on any atom is -0.508 e. The van der Waals surface area contributed by atoms with E-state index < -0.39 is 0 Å². The first-order valence-corrected chi connectivity index (χ1v) is 7.96. The van der Waals surface area contributed by atoms with Crippen molar-refractivity contribution in [1.82, 2.24) is 10.6 Å². The van der Waals surface area contributed by atoms with Gasteiger partial charge in [0.1, 0.15) is 5.75 Å². The van der Waals surface area contributed by atoms with Crippen LogP contribution in [-0.4, -0.2) is 29.1 Å². The number of fused-ring (bicyclic) bond motifs is 2. The molecule has 2 bridgehead atoms. The predicted molar refractivity (Wildman–Crippen MR) is 82.1 cm³/mol. The van der Waals surface area contributed by atoms with E-state index in [4.69, 9.17) is 0 Å². The SMILES string of the molecule is CC(CCc1ccc(O)cc1)NC(=O)C1CC2CCC1N2. The zero-order valence-corrected chi connectivity index (χ0v) is 12.5. The van der Waals surface area contributed by atoms with E-state index in [0.29, 0.717) is 17.8 Å². The molecule has 3 N–H and O–H groups in total. The number of hydrogen-bond donors (Lipinski definition) is 3. The lowest BCUT2D eigenvalue weighted by Crippen LogP contribution is -2.41. The summed E-state index contributed by atoms with van der Waals surface area (Å²) in [5.74, 6) is 0.677. The quantitative estimate of drug-likeness (QED) is 0.776. The van der Waals surface area contributed by atoms with Gasteiger partial charge in [0.15, 0.2) is 0 Å². The molecule has 2 fully saturated rings. The number of hydrogen-bond acceptors (Lipinski definition) is 3. The zero-order chi connectivity index (χ0) is 14.8. The van der Waals surface area contributed by atoms with Gasteiger partial charge in [0.05, 0.1) is 5.92 Å². The summed E-state index contributed by atoms with van der Waals surface area (Å²) in [6, 6.07) is 8.44. The van der Waals surface area contributed by atoms with Crippen molar-refractivity contribution < 1.29 is 9.90 Å². The Bertz CT molecular complexity index is 500. The van der Waals surface area contributed by atoms with Crippen LogP contribution in [0, 0.1) is 5.92 Å². The van der Waals surface area contributed by atoms with Crippen molar-refractivity contribution in [2.45, 2.75) is 57.2 Å². The average molecular weight is 288 g/mol. The third-order valence-electron chi connectivity index (χ3n) is 4.83. The Morgan fingerprint density at radius 1 is 1.38 bits per heavy atom. The van der Waals surface area contributed by atoms with Crippen LogP contribution in [0.3, 0.4) is 0 Å². The van der Waals surface area contributed by atoms with Gasteiger partial charge in [-0.2, -0.15) is 0 Å².